The van der Waals surface area contributed by atoms with Gasteiger partial charge in [0.05, 0.1) is 17.0 Å². The molecule has 0 unspecified atom stereocenters. The molecule has 154 valence electrons. The van der Waals surface area contributed by atoms with Gasteiger partial charge in [-0.2, -0.15) is 10.4 Å². The number of aliphatic imine (C=N–C) groups is 1. The number of hydrogen-bond donors (Lipinski definition) is 2. The first-order valence-corrected chi connectivity index (χ1v) is 9.96. The van der Waals surface area contributed by atoms with Crippen LogP contribution in [0.25, 0.3) is 21.8 Å². The Morgan fingerprint density at radius 3 is 2.66 bits per heavy atom. The molecule has 0 fully saturated rings. The minimum atomic E-state index is -0.319. The van der Waals surface area contributed by atoms with Crippen molar-refractivity contribution in [2.45, 2.75) is 6.61 Å². The second kappa shape index (κ2) is 8.20. The van der Waals surface area contributed by atoms with E-state index in [1.54, 1.807) is 30.5 Å². The second-order valence-electron chi connectivity index (χ2n) is 7.23. The average Bonchev–Trinajstić information content (AvgIpc) is 3.23. The Kier molecular flexibility index (Phi) is 4.94. The Bertz CT molecular complexity index is 1540. The summed E-state index contributed by atoms with van der Waals surface area (Å²) in [7, 11) is 0. The van der Waals surface area contributed by atoms with Crippen molar-refractivity contribution in [3.63, 3.8) is 0 Å². The van der Waals surface area contributed by atoms with Crippen molar-refractivity contribution >= 4 is 33.8 Å². The molecule has 3 aromatic carbocycles. The first-order valence-electron chi connectivity index (χ1n) is 9.96. The summed E-state index contributed by atoms with van der Waals surface area (Å²) in [5.41, 5.74) is 3.34. The standard InChI is InChI=1S/C25H17N5O2/c26-13-16-6-8-17(9-7-16)14-27-24-22-20-12-19(32-15-18-4-2-1-3-5-18)10-11-21(20)28-23(22)25(31)30-29-24/h1-12,14,28H,15H2,(H,30,31). The molecule has 0 saturated heterocycles. The molecule has 2 heterocycles. The molecule has 5 rings (SSSR count). The molecule has 5 aromatic rings. The summed E-state index contributed by atoms with van der Waals surface area (Å²) in [5, 5.41) is 17.0. The van der Waals surface area contributed by atoms with Crippen molar-refractivity contribution in [3.8, 4) is 11.8 Å². The lowest BCUT2D eigenvalue weighted by molar-refractivity contribution is 0.306. The van der Waals surface area contributed by atoms with Crippen LogP contribution in [0.3, 0.4) is 0 Å². The van der Waals surface area contributed by atoms with Gasteiger partial charge in [0.1, 0.15) is 17.9 Å². The summed E-state index contributed by atoms with van der Waals surface area (Å²) in [5.74, 6) is 1.07. The fourth-order valence-corrected chi connectivity index (χ4v) is 3.49. The zero-order chi connectivity index (χ0) is 21.9. The molecule has 0 aliphatic carbocycles. The first kappa shape index (κ1) is 19.3. The molecule has 7 nitrogen and oxygen atoms in total. The van der Waals surface area contributed by atoms with Gasteiger partial charge in [-0.3, -0.25) is 4.79 Å². The molecule has 0 radical (unpaired) electrons. The number of rotatable bonds is 5. The fourth-order valence-electron chi connectivity index (χ4n) is 3.49. The van der Waals surface area contributed by atoms with Crippen LogP contribution in [0.2, 0.25) is 0 Å². The van der Waals surface area contributed by atoms with Crippen molar-refractivity contribution in [3.05, 3.63) is 99.8 Å². The Morgan fingerprint density at radius 1 is 1.06 bits per heavy atom. The highest BCUT2D eigenvalue weighted by molar-refractivity contribution is 6.12. The molecule has 0 saturated carbocycles. The molecule has 0 atom stereocenters. The van der Waals surface area contributed by atoms with Gasteiger partial charge < -0.3 is 9.72 Å². The lowest BCUT2D eigenvalue weighted by Crippen LogP contribution is -2.07. The first-order chi connectivity index (χ1) is 15.7. The van der Waals surface area contributed by atoms with E-state index in [1.165, 1.54) is 0 Å². The normalized spacial score (nSPS) is 11.2. The molecule has 32 heavy (non-hydrogen) atoms. The number of H-pyrrole nitrogens is 2. The van der Waals surface area contributed by atoms with Crippen LogP contribution in [0, 0.1) is 11.3 Å². The quantitative estimate of drug-likeness (QED) is 0.406. The number of nitrogens with zero attached hydrogens (tertiary/aromatic N) is 3. The van der Waals surface area contributed by atoms with Crippen molar-refractivity contribution < 1.29 is 4.74 Å². The van der Waals surface area contributed by atoms with Crippen LogP contribution in [0.1, 0.15) is 16.7 Å². The van der Waals surface area contributed by atoms with E-state index >= 15 is 0 Å². The molecule has 0 spiro atoms. The lowest BCUT2D eigenvalue weighted by atomic mass is 10.1. The number of hydrogen-bond acceptors (Lipinski definition) is 5. The van der Waals surface area contributed by atoms with E-state index in [0.717, 1.165) is 22.0 Å². The van der Waals surface area contributed by atoms with E-state index in [4.69, 9.17) is 10.00 Å². The Labute approximate surface area is 182 Å². The third-order valence-electron chi connectivity index (χ3n) is 5.11. The number of ether oxygens (including phenoxy) is 1. The summed E-state index contributed by atoms with van der Waals surface area (Å²) in [6.07, 6.45) is 1.65. The van der Waals surface area contributed by atoms with Crippen molar-refractivity contribution in [2.24, 2.45) is 4.99 Å². The van der Waals surface area contributed by atoms with Crippen LogP contribution >= 0.6 is 0 Å². The van der Waals surface area contributed by atoms with Gasteiger partial charge in [-0.25, -0.2) is 10.1 Å². The van der Waals surface area contributed by atoms with Crippen LogP contribution < -0.4 is 10.3 Å². The fraction of sp³-hybridized carbons (Fsp3) is 0.0400. The van der Waals surface area contributed by atoms with E-state index in [2.05, 4.69) is 26.2 Å². The van der Waals surface area contributed by atoms with Crippen molar-refractivity contribution in [1.82, 2.24) is 15.2 Å². The smallest absolute Gasteiger partial charge is 0.288 e. The third kappa shape index (κ3) is 3.73. The SMILES string of the molecule is N#Cc1ccc(C=Nc2n[nH]c(=O)c3[nH]c4ccc(OCc5ccccc5)cc4c23)cc1. The maximum atomic E-state index is 12.4. The minimum Gasteiger partial charge on any atom is -0.489 e. The molecule has 0 bridgehead atoms. The van der Waals surface area contributed by atoms with E-state index in [9.17, 15) is 4.79 Å². The number of aromatic amines is 2. The van der Waals surface area contributed by atoms with Crippen LogP contribution in [-0.4, -0.2) is 21.4 Å². The van der Waals surface area contributed by atoms with Crippen LogP contribution in [-0.2, 0) is 6.61 Å². The predicted molar refractivity (Wildman–Crippen MR) is 123 cm³/mol. The van der Waals surface area contributed by atoms with Crippen LogP contribution in [0.15, 0.2) is 82.6 Å². The molecule has 2 aromatic heterocycles. The number of nitriles is 1. The topological polar surface area (TPSA) is 107 Å². The van der Waals surface area contributed by atoms with Gasteiger partial charge in [0.15, 0.2) is 5.82 Å². The van der Waals surface area contributed by atoms with Gasteiger partial charge in [0.2, 0.25) is 0 Å². The van der Waals surface area contributed by atoms with Crippen LogP contribution in [0.4, 0.5) is 5.82 Å². The van der Waals surface area contributed by atoms with Gasteiger partial charge in [-0.05, 0) is 41.5 Å². The number of benzene rings is 3. The van der Waals surface area contributed by atoms with E-state index in [-0.39, 0.29) is 5.56 Å². The zero-order valence-electron chi connectivity index (χ0n) is 16.9. The van der Waals surface area contributed by atoms with Crippen LogP contribution in [0.5, 0.6) is 5.75 Å². The predicted octanol–water partition coefficient (Wildman–Crippen LogP) is 4.61. The zero-order valence-corrected chi connectivity index (χ0v) is 16.9. The van der Waals surface area contributed by atoms with Gasteiger partial charge >= 0.3 is 0 Å². The molecule has 0 aliphatic rings. The van der Waals surface area contributed by atoms with Gasteiger partial charge in [0, 0.05) is 17.1 Å². The largest absolute Gasteiger partial charge is 0.489 e. The Balaban J connectivity index is 1.54. The Hall–Kier alpha value is -4.70. The maximum Gasteiger partial charge on any atom is 0.288 e. The molecular formula is C25H17N5O2. The Morgan fingerprint density at radius 2 is 1.88 bits per heavy atom. The molecule has 2 N–H and O–H groups in total. The van der Waals surface area contributed by atoms with Gasteiger partial charge in [-0.15, -0.1) is 0 Å². The van der Waals surface area contributed by atoms with E-state index in [1.807, 2.05) is 48.5 Å². The highest BCUT2D eigenvalue weighted by Crippen LogP contribution is 2.32. The van der Waals surface area contributed by atoms with Crippen molar-refractivity contribution in [1.29, 1.82) is 5.26 Å². The number of aromatic nitrogens is 3. The van der Waals surface area contributed by atoms with Gasteiger partial charge in [-0.1, -0.05) is 42.5 Å². The lowest BCUT2D eigenvalue weighted by Gasteiger charge is -2.06. The third-order valence-corrected chi connectivity index (χ3v) is 5.11. The van der Waals surface area contributed by atoms with E-state index < -0.39 is 0 Å². The number of nitrogens with one attached hydrogen (secondary N) is 2. The molecule has 0 aliphatic heterocycles. The number of fused-ring (bicyclic) bond motifs is 3. The second-order valence-corrected chi connectivity index (χ2v) is 7.23. The summed E-state index contributed by atoms with van der Waals surface area (Å²) in [6.45, 7) is 0.442. The maximum absolute atomic E-state index is 12.4. The minimum absolute atomic E-state index is 0.319. The summed E-state index contributed by atoms with van der Waals surface area (Å²) < 4.78 is 5.95. The monoisotopic (exact) mass is 419 g/mol. The highest BCUT2D eigenvalue weighted by Gasteiger charge is 2.14. The van der Waals surface area contributed by atoms with Gasteiger partial charge in [0.25, 0.3) is 5.56 Å². The average molecular weight is 419 g/mol. The summed E-state index contributed by atoms with van der Waals surface area (Å²) in [4.78, 5) is 20.0. The summed E-state index contributed by atoms with van der Waals surface area (Å²) >= 11 is 0. The van der Waals surface area contributed by atoms with Crippen molar-refractivity contribution in [2.75, 3.05) is 0 Å². The molecular weight excluding hydrogens is 402 g/mol. The molecule has 7 heteroatoms. The highest BCUT2D eigenvalue weighted by atomic mass is 16.5. The molecule has 0 amide bonds. The van der Waals surface area contributed by atoms with E-state index in [0.29, 0.717) is 34.6 Å². The summed E-state index contributed by atoms with van der Waals surface area (Å²) in [6, 6.07) is 24.7.